The van der Waals surface area contributed by atoms with E-state index in [1.165, 1.54) is 4.90 Å². The Kier molecular flexibility index (Phi) is 8.80. The highest BCUT2D eigenvalue weighted by molar-refractivity contribution is 6.30. The topological polar surface area (TPSA) is 58.6 Å². The molecule has 0 fully saturated rings. The van der Waals surface area contributed by atoms with E-state index in [1.54, 1.807) is 43.3 Å². The zero-order valence-corrected chi connectivity index (χ0v) is 18.3. The maximum Gasteiger partial charge on any atom is 0.261 e. The van der Waals surface area contributed by atoms with Crippen LogP contribution >= 0.6 is 23.2 Å². The Morgan fingerprint density at radius 1 is 1.03 bits per heavy atom. The van der Waals surface area contributed by atoms with Gasteiger partial charge in [-0.2, -0.15) is 0 Å². The number of hydrogen-bond donors (Lipinski definition) is 1. The number of carbonyl (C=O) groups is 2. The van der Waals surface area contributed by atoms with Gasteiger partial charge in [-0.3, -0.25) is 9.59 Å². The Hall–Kier alpha value is -2.24. The monoisotopic (exact) mass is 436 g/mol. The zero-order valence-electron chi connectivity index (χ0n) is 16.8. The molecule has 0 bridgehead atoms. The largest absolute Gasteiger partial charge is 0.484 e. The number of hydrogen-bond acceptors (Lipinski definition) is 3. The van der Waals surface area contributed by atoms with Crippen LogP contribution in [0.4, 0.5) is 0 Å². The number of rotatable bonds is 9. The second kappa shape index (κ2) is 11.1. The summed E-state index contributed by atoms with van der Waals surface area (Å²) in [5, 5.41) is 3.97. The van der Waals surface area contributed by atoms with Gasteiger partial charge in [0, 0.05) is 23.1 Å². The predicted octanol–water partition coefficient (Wildman–Crippen LogP) is 4.56. The van der Waals surface area contributed by atoms with Gasteiger partial charge in [0.15, 0.2) is 6.61 Å². The Morgan fingerprint density at radius 3 is 2.31 bits per heavy atom. The minimum absolute atomic E-state index is 0.206. The predicted molar refractivity (Wildman–Crippen MR) is 116 cm³/mol. The molecule has 0 saturated heterocycles. The van der Waals surface area contributed by atoms with Crippen LogP contribution in [0.25, 0.3) is 0 Å². The van der Waals surface area contributed by atoms with Crippen LogP contribution < -0.4 is 10.1 Å². The molecule has 2 rings (SSSR count). The van der Waals surface area contributed by atoms with Gasteiger partial charge in [0.2, 0.25) is 5.91 Å². The van der Waals surface area contributed by atoms with Crippen molar-refractivity contribution in [3.05, 3.63) is 64.1 Å². The number of amides is 2. The number of ether oxygens (including phenoxy) is 1. The quantitative estimate of drug-likeness (QED) is 0.626. The maximum atomic E-state index is 12.9. The summed E-state index contributed by atoms with van der Waals surface area (Å²) in [6.07, 6.45) is 0. The fourth-order valence-electron chi connectivity index (χ4n) is 2.65. The molecule has 2 aromatic carbocycles. The van der Waals surface area contributed by atoms with Gasteiger partial charge < -0.3 is 15.0 Å². The van der Waals surface area contributed by atoms with Gasteiger partial charge in [-0.15, -0.1) is 0 Å². The summed E-state index contributed by atoms with van der Waals surface area (Å²) in [6.45, 7) is 6.31. The lowest BCUT2D eigenvalue weighted by atomic mass is 10.1. The van der Waals surface area contributed by atoms with E-state index < -0.39 is 6.04 Å². The van der Waals surface area contributed by atoms with Crippen LogP contribution in [0.3, 0.4) is 0 Å². The first-order chi connectivity index (χ1) is 13.8. The Morgan fingerprint density at radius 2 is 1.69 bits per heavy atom. The molecule has 1 N–H and O–H groups in total. The van der Waals surface area contributed by atoms with E-state index >= 15 is 0 Å². The first-order valence-electron chi connectivity index (χ1n) is 9.46. The molecule has 7 heteroatoms. The van der Waals surface area contributed by atoms with E-state index in [0.717, 1.165) is 5.56 Å². The van der Waals surface area contributed by atoms with E-state index in [2.05, 4.69) is 5.32 Å². The second-order valence-corrected chi connectivity index (χ2v) is 8.09. The Balaban J connectivity index is 2.13. The fourth-order valence-corrected chi connectivity index (χ4v) is 3.04. The van der Waals surface area contributed by atoms with Crippen LogP contribution in [0.2, 0.25) is 10.0 Å². The molecule has 0 aliphatic rings. The minimum Gasteiger partial charge on any atom is -0.484 e. The molecule has 0 radical (unpaired) electrons. The van der Waals surface area contributed by atoms with E-state index in [0.29, 0.717) is 28.3 Å². The SMILES string of the molecule is CC(C)CNC(=O)[C@H](C)N(Cc1cccc(Cl)c1)C(=O)COc1cccc(Cl)c1. The van der Waals surface area contributed by atoms with E-state index in [9.17, 15) is 9.59 Å². The molecule has 0 spiro atoms. The maximum absolute atomic E-state index is 12.9. The van der Waals surface area contributed by atoms with Gasteiger partial charge in [-0.1, -0.05) is 55.2 Å². The van der Waals surface area contributed by atoms with Gasteiger partial charge in [-0.05, 0) is 48.7 Å². The lowest BCUT2D eigenvalue weighted by molar-refractivity contribution is -0.142. The summed E-state index contributed by atoms with van der Waals surface area (Å²) >= 11 is 12.0. The number of carbonyl (C=O) groups excluding carboxylic acids is 2. The van der Waals surface area contributed by atoms with Crippen LogP contribution in [0.1, 0.15) is 26.3 Å². The molecule has 0 saturated carbocycles. The molecule has 5 nitrogen and oxygen atoms in total. The van der Waals surface area contributed by atoms with E-state index in [1.807, 2.05) is 26.0 Å². The van der Waals surface area contributed by atoms with Gasteiger partial charge in [0.1, 0.15) is 11.8 Å². The molecular formula is C22H26Cl2N2O3. The van der Waals surface area contributed by atoms with Crippen LogP contribution in [-0.2, 0) is 16.1 Å². The highest BCUT2D eigenvalue weighted by Gasteiger charge is 2.26. The number of nitrogens with zero attached hydrogens (tertiary/aromatic N) is 1. The van der Waals surface area contributed by atoms with Crippen molar-refractivity contribution in [2.45, 2.75) is 33.4 Å². The summed E-state index contributed by atoms with van der Waals surface area (Å²) in [7, 11) is 0. The molecule has 0 aliphatic heterocycles. The zero-order chi connectivity index (χ0) is 21.4. The second-order valence-electron chi connectivity index (χ2n) is 7.21. The third-order valence-electron chi connectivity index (χ3n) is 4.25. The van der Waals surface area contributed by atoms with E-state index in [-0.39, 0.29) is 25.0 Å². The molecule has 1 atom stereocenters. The van der Waals surface area contributed by atoms with Crippen molar-refractivity contribution in [2.75, 3.05) is 13.2 Å². The molecular weight excluding hydrogens is 411 g/mol. The molecule has 0 aliphatic carbocycles. The van der Waals surface area contributed by atoms with Crippen molar-refractivity contribution >= 4 is 35.0 Å². The van der Waals surface area contributed by atoms with Crippen LogP contribution in [0.15, 0.2) is 48.5 Å². The summed E-state index contributed by atoms with van der Waals surface area (Å²) in [4.78, 5) is 27.0. The smallest absolute Gasteiger partial charge is 0.261 e. The average molecular weight is 437 g/mol. The molecule has 156 valence electrons. The number of benzene rings is 2. The van der Waals surface area contributed by atoms with Crippen LogP contribution in [0.5, 0.6) is 5.75 Å². The summed E-state index contributed by atoms with van der Waals surface area (Å²) in [5.74, 6) is 0.286. The number of nitrogens with one attached hydrogen (secondary N) is 1. The average Bonchev–Trinajstić information content (AvgIpc) is 2.68. The lowest BCUT2D eigenvalue weighted by Crippen LogP contribution is -2.49. The van der Waals surface area contributed by atoms with Gasteiger partial charge >= 0.3 is 0 Å². The summed E-state index contributed by atoms with van der Waals surface area (Å²) in [5.41, 5.74) is 0.831. The third kappa shape index (κ3) is 7.59. The third-order valence-corrected chi connectivity index (χ3v) is 4.72. The van der Waals surface area contributed by atoms with Crippen molar-refractivity contribution in [2.24, 2.45) is 5.92 Å². The van der Waals surface area contributed by atoms with Gasteiger partial charge in [0.05, 0.1) is 0 Å². The molecule has 2 aromatic rings. The van der Waals surface area contributed by atoms with Crippen molar-refractivity contribution in [1.29, 1.82) is 0 Å². The molecule has 0 heterocycles. The molecule has 29 heavy (non-hydrogen) atoms. The summed E-state index contributed by atoms with van der Waals surface area (Å²) < 4.78 is 5.59. The van der Waals surface area contributed by atoms with Gasteiger partial charge in [0.25, 0.3) is 5.91 Å². The van der Waals surface area contributed by atoms with Crippen molar-refractivity contribution in [3.8, 4) is 5.75 Å². The standard InChI is InChI=1S/C22H26Cl2N2O3/c1-15(2)12-25-22(28)16(3)26(13-17-6-4-7-18(23)10-17)21(27)14-29-20-9-5-8-19(24)11-20/h4-11,15-16H,12-14H2,1-3H3,(H,25,28)/t16-/m0/s1. The number of halogens is 2. The van der Waals surface area contributed by atoms with Crippen molar-refractivity contribution < 1.29 is 14.3 Å². The van der Waals surface area contributed by atoms with E-state index in [4.69, 9.17) is 27.9 Å². The minimum atomic E-state index is -0.664. The first kappa shape index (κ1) is 23.0. The molecule has 0 unspecified atom stereocenters. The van der Waals surface area contributed by atoms with Crippen molar-refractivity contribution in [1.82, 2.24) is 10.2 Å². The fraction of sp³-hybridized carbons (Fsp3) is 0.364. The lowest BCUT2D eigenvalue weighted by Gasteiger charge is -2.29. The highest BCUT2D eigenvalue weighted by atomic mass is 35.5. The Labute approximate surface area is 181 Å². The normalized spacial score (nSPS) is 11.8. The Bertz CT molecular complexity index is 842. The molecule has 0 aromatic heterocycles. The highest BCUT2D eigenvalue weighted by Crippen LogP contribution is 2.18. The first-order valence-corrected chi connectivity index (χ1v) is 10.2. The van der Waals surface area contributed by atoms with Crippen LogP contribution in [-0.4, -0.2) is 35.9 Å². The molecule has 2 amide bonds. The van der Waals surface area contributed by atoms with Crippen molar-refractivity contribution in [3.63, 3.8) is 0 Å². The van der Waals surface area contributed by atoms with Crippen LogP contribution in [0, 0.1) is 5.92 Å². The van der Waals surface area contributed by atoms with Gasteiger partial charge in [-0.25, -0.2) is 0 Å². The summed E-state index contributed by atoms with van der Waals surface area (Å²) in [6, 6.07) is 13.4.